The van der Waals surface area contributed by atoms with Gasteiger partial charge in [0.2, 0.25) is 0 Å². The molecule has 0 aromatic heterocycles. The second-order valence-corrected chi connectivity index (χ2v) is 8.84. The molecule has 1 aromatic carbocycles. The van der Waals surface area contributed by atoms with Crippen LogP contribution >= 0.6 is 0 Å². The van der Waals surface area contributed by atoms with Gasteiger partial charge in [-0.25, -0.2) is 0 Å². The molecular weight excluding hydrogens is 439 g/mol. The summed E-state index contributed by atoms with van der Waals surface area (Å²) >= 11 is 0. The molecule has 8 nitrogen and oxygen atoms in total. The van der Waals surface area contributed by atoms with Crippen molar-refractivity contribution in [1.29, 1.82) is 0 Å². The minimum absolute atomic E-state index is 0.00620. The monoisotopic (exact) mass is 465 g/mol. The van der Waals surface area contributed by atoms with Crippen molar-refractivity contribution in [2.45, 2.75) is 42.9 Å². The zero-order chi connectivity index (χ0) is 23.1. The molecule has 0 saturated carbocycles. The van der Waals surface area contributed by atoms with Gasteiger partial charge >= 0.3 is 12.1 Å². The van der Waals surface area contributed by atoms with E-state index in [2.05, 4.69) is 4.40 Å². The highest BCUT2D eigenvalue weighted by Crippen LogP contribution is 2.28. The van der Waals surface area contributed by atoms with Crippen molar-refractivity contribution in [1.82, 2.24) is 10.2 Å². The van der Waals surface area contributed by atoms with Gasteiger partial charge in [-0.3, -0.25) is 4.79 Å². The van der Waals surface area contributed by atoms with E-state index < -0.39 is 22.1 Å². The second kappa shape index (κ2) is 10.8. The summed E-state index contributed by atoms with van der Waals surface area (Å²) in [4.78, 5) is 12.2. The Morgan fingerprint density at radius 1 is 1.35 bits per heavy atom. The van der Waals surface area contributed by atoms with Gasteiger partial charge in [0.1, 0.15) is 23.6 Å². The Hall–Kier alpha value is -2.34. The smallest absolute Gasteiger partial charge is 0.471 e. The van der Waals surface area contributed by atoms with Crippen LogP contribution in [0.4, 0.5) is 13.2 Å². The number of rotatable bonds is 9. The number of benzene rings is 1. The molecule has 0 aliphatic carbocycles. The van der Waals surface area contributed by atoms with E-state index in [1.54, 1.807) is 19.4 Å². The molecule has 2 rings (SSSR count). The first-order valence-electron chi connectivity index (χ1n) is 9.68. The van der Waals surface area contributed by atoms with E-state index >= 15 is 0 Å². The molecule has 0 bridgehead atoms. The standard InChI is InChI=1S/C19H26F3N3O5S/c1-25(2)13-24-31(27,28)17-11-14(8-9-23-18(26)19(20,21)22)6-7-16(17)30-12-15-5-3-4-10-29-15/h6-7,11,13,15H,3-5,8-10,12H2,1-2H3,(H,23,26). The molecule has 31 heavy (non-hydrogen) atoms. The molecule has 0 radical (unpaired) electrons. The maximum Gasteiger partial charge on any atom is 0.471 e. The molecular formula is C19H26F3N3O5S. The van der Waals surface area contributed by atoms with E-state index in [1.165, 1.54) is 23.1 Å². The van der Waals surface area contributed by atoms with Gasteiger partial charge in [0.15, 0.2) is 0 Å². The second-order valence-electron chi connectivity index (χ2n) is 7.24. The Kier molecular flexibility index (Phi) is 8.69. The third-order valence-corrected chi connectivity index (χ3v) is 5.60. The van der Waals surface area contributed by atoms with Crippen molar-refractivity contribution in [3.63, 3.8) is 0 Å². The lowest BCUT2D eigenvalue weighted by atomic mass is 10.1. The van der Waals surface area contributed by atoms with Crippen LogP contribution in [0, 0.1) is 0 Å². The number of hydrogen-bond acceptors (Lipinski definition) is 5. The Balaban J connectivity index is 2.19. The predicted molar refractivity (Wildman–Crippen MR) is 108 cm³/mol. The van der Waals surface area contributed by atoms with Crippen LogP contribution in [-0.2, 0) is 26.0 Å². The summed E-state index contributed by atoms with van der Waals surface area (Å²) in [6.07, 6.45) is -1.24. The molecule has 1 aromatic rings. The summed E-state index contributed by atoms with van der Waals surface area (Å²) < 4.78 is 77.2. The van der Waals surface area contributed by atoms with E-state index in [9.17, 15) is 26.4 Å². The Morgan fingerprint density at radius 3 is 2.71 bits per heavy atom. The number of ether oxygens (including phenoxy) is 2. The summed E-state index contributed by atoms with van der Waals surface area (Å²) in [5.74, 6) is -1.98. The van der Waals surface area contributed by atoms with Crippen LogP contribution < -0.4 is 10.1 Å². The fourth-order valence-corrected chi connectivity index (χ4v) is 3.89. The van der Waals surface area contributed by atoms with E-state index in [1.807, 2.05) is 0 Å². The number of alkyl halides is 3. The molecule has 1 unspecified atom stereocenters. The molecule has 1 heterocycles. The average molecular weight is 465 g/mol. The Bertz CT molecular complexity index is 882. The third-order valence-electron chi connectivity index (χ3n) is 4.36. The number of sulfonamides is 1. The molecule has 1 saturated heterocycles. The lowest BCUT2D eigenvalue weighted by Gasteiger charge is -2.23. The first kappa shape index (κ1) is 24.9. The molecule has 12 heteroatoms. The number of halogens is 3. The highest BCUT2D eigenvalue weighted by Gasteiger charge is 2.38. The maximum absolute atomic E-state index is 12.7. The van der Waals surface area contributed by atoms with Crippen molar-refractivity contribution < 1.29 is 35.9 Å². The molecule has 0 spiro atoms. The number of hydrogen-bond donors (Lipinski definition) is 1. The highest BCUT2D eigenvalue weighted by atomic mass is 32.2. The van der Waals surface area contributed by atoms with Crippen molar-refractivity contribution in [3.05, 3.63) is 23.8 Å². The lowest BCUT2D eigenvalue weighted by Crippen LogP contribution is -2.37. The number of carbonyl (C=O) groups is 1. The van der Waals surface area contributed by atoms with Crippen LogP contribution in [0.3, 0.4) is 0 Å². The molecule has 1 atom stereocenters. The van der Waals surface area contributed by atoms with E-state index in [0.717, 1.165) is 25.6 Å². The van der Waals surface area contributed by atoms with Gasteiger partial charge in [-0.2, -0.15) is 21.6 Å². The highest BCUT2D eigenvalue weighted by molar-refractivity contribution is 7.90. The molecule has 1 aliphatic heterocycles. The average Bonchev–Trinajstić information content (AvgIpc) is 2.71. The van der Waals surface area contributed by atoms with E-state index in [4.69, 9.17) is 9.47 Å². The quantitative estimate of drug-likeness (QED) is 0.443. The summed E-state index contributed by atoms with van der Waals surface area (Å²) in [7, 11) is -0.916. The fraction of sp³-hybridized carbons (Fsp3) is 0.579. The SMILES string of the molecule is CN(C)C=NS(=O)(=O)c1cc(CCNC(=O)C(F)(F)F)ccc1OCC1CCCCO1. The number of nitrogens with one attached hydrogen (secondary N) is 1. The summed E-state index contributed by atoms with van der Waals surface area (Å²) in [6, 6.07) is 4.26. The predicted octanol–water partition coefficient (Wildman–Crippen LogP) is 2.13. The molecule has 1 fully saturated rings. The topological polar surface area (TPSA) is 97.3 Å². The molecule has 1 amide bonds. The van der Waals surface area contributed by atoms with Crippen molar-refractivity contribution in [2.24, 2.45) is 4.40 Å². The summed E-state index contributed by atoms with van der Waals surface area (Å²) in [5.41, 5.74) is 0.405. The van der Waals surface area contributed by atoms with Crippen molar-refractivity contribution >= 4 is 22.3 Å². The Morgan fingerprint density at radius 2 is 2.10 bits per heavy atom. The fourth-order valence-electron chi connectivity index (χ4n) is 2.78. The third kappa shape index (κ3) is 8.02. The zero-order valence-electron chi connectivity index (χ0n) is 17.3. The van der Waals surface area contributed by atoms with E-state index in [0.29, 0.717) is 12.2 Å². The zero-order valence-corrected chi connectivity index (χ0v) is 18.1. The van der Waals surface area contributed by atoms with Crippen molar-refractivity contribution in [2.75, 3.05) is 33.9 Å². The number of nitrogens with zero attached hydrogens (tertiary/aromatic N) is 2. The van der Waals surface area contributed by atoms with Gasteiger partial charge in [-0.1, -0.05) is 6.07 Å². The summed E-state index contributed by atoms with van der Waals surface area (Å²) in [5, 5.41) is 1.75. The lowest BCUT2D eigenvalue weighted by molar-refractivity contribution is -0.173. The van der Waals surface area contributed by atoms with Crippen molar-refractivity contribution in [3.8, 4) is 5.75 Å². The van der Waals surface area contributed by atoms with Crippen LogP contribution in [0.2, 0.25) is 0 Å². The van der Waals surface area contributed by atoms with Crippen LogP contribution in [-0.4, -0.2) is 71.7 Å². The van der Waals surface area contributed by atoms with Crippen LogP contribution in [0.5, 0.6) is 5.75 Å². The van der Waals surface area contributed by atoms with Crippen LogP contribution in [0.15, 0.2) is 27.5 Å². The minimum atomic E-state index is -4.98. The van der Waals surface area contributed by atoms with Gasteiger partial charge in [0.05, 0.1) is 6.10 Å². The first-order chi connectivity index (χ1) is 14.5. The van der Waals surface area contributed by atoms with Gasteiger partial charge < -0.3 is 19.7 Å². The van der Waals surface area contributed by atoms with Crippen LogP contribution in [0.1, 0.15) is 24.8 Å². The van der Waals surface area contributed by atoms with Gasteiger partial charge in [0.25, 0.3) is 10.0 Å². The number of amides is 1. The van der Waals surface area contributed by atoms with Gasteiger partial charge in [-0.15, -0.1) is 4.40 Å². The Labute approximate surface area is 179 Å². The summed E-state index contributed by atoms with van der Waals surface area (Å²) in [6.45, 7) is 0.477. The minimum Gasteiger partial charge on any atom is -0.489 e. The molecule has 174 valence electrons. The number of carbonyl (C=O) groups excluding carboxylic acids is 1. The molecule has 1 aliphatic rings. The first-order valence-corrected chi connectivity index (χ1v) is 11.1. The van der Waals surface area contributed by atoms with Gasteiger partial charge in [-0.05, 0) is 43.4 Å². The largest absolute Gasteiger partial charge is 0.489 e. The van der Waals surface area contributed by atoms with E-state index in [-0.39, 0.29) is 36.3 Å². The normalized spacial score (nSPS) is 17.5. The van der Waals surface area contributed by atoms with Gasteiger partial charge in [0, 0.05) is 27.2 Å². The molecule has 1 N–H and O–H groups in total. The maximum atomic E-state index is 12.7. The van der Waals surface area contributed by atoms with Crippen LogP contribution in [0.25, 0.3) is 0 Å².